The van der Waals surface area contributed by atoms with Crippen molar-refractivity contribution in [2.75, 3.05) is 28.2 Å². The molecule has 0 fully saturated rings. The highest BCUT2D eigenvalue weighted by molar-refractivity contribution is 7.59. The van der Waals surface area contributed by atoms with E-state index in [1.54, 1.807) is 0 Å². The van der Waals surface area contributed by atoms with E-state index >= 15 is 0 Å². The SMILES string of the molecule is CN(C)C1Cc2ccccc2C(c2ccccc2)C1.Cc1cccc(C2CC(N(C)C)Cc3ccccc32)c1.N[C@@H]1Cc2ccccc2[C@@H](c2ccccc2)C1.N[C@@H]1Cc2ccccc2[C@@H](c2ccccc2)C1.S.[N-]=[N+]=N[C@@H]1Cc2ccccc2[C@@H](c2ccccc2)C1. The molecule has 0 heterocycles. The van der Waals surface area contributed by atoms with Gasteiger partial charge in [-0.3, -0.25) is 0 Å². The largest absolute Gasteiger partial charge is 0.327 e. The molecule has 5 aliphatic rings. The summed E-state index contributed by atoms with van der Waals surface area (Å²) in [4.78, 5) is 7.73. The number of fused-ring (bicyclic) bond motifs is 5. The third kappa shape index (κ3) is 17.3. The van der Waals surface area contributed by atoms with Gasteiger partial charge in [0.2, 0.25) is 0 Å². The summed E-state index contributed by atoms with van der Waals surface area (Å²) >= 11 is 0. The lowest BCUT2D eigenvalue weighted by molar-refractivity contribution is 0.258. The van der Waals surface area contributed by atoms with E-state index in [4.69, 9.17) is 17.0 Å². The molecule has 0 amide bonds. The molecule has 10 atom stereocenters. The number of likely N-dealkylation sites (N-methyl/N-ethyl adjacent to an activating group) is 2. The first-order valence-corrected chi connectivity index (χ1v) is 33.5. The third-order valence-electron chi connectivity index (χ3n) is 20.0. The normalized spacial score (nSPS) is 22.0. The molecule has 476 valence electrons. The lowest BCUT2D eigenvalue weighted by atomic mass is 9.76. The molecular formula is C85H95N7S. The van der Waals surface area contributed by atoms with Crippen molar-refractivity contribution in [1.82, 2.24) is 9.80 Å². The van der Waals surface area contributed by atoms with E-state index < -0.39 is 0 Å². The maximum atomic E-state index is 8.68. The summed E-state index contributed by atoms with van der Waals surface area (Å²) in [7, 11) is 8.79. The van der Waals surface area contributed by atoms with E-state index in [9.17, 15) is 0 Å². The molecule has 0 bridgehead atoms. The van der Waals surface area contributed by atoms with E-state index in [-0.39, 0.29) is 31.6 Å². The molecule has 0 saturated heterocycles. The van der Waals surface area contributed by atoms with Crippen LogP contribution in [0.3, 0.4) is 0 Å². The van der Waals surface area contributed by atoms with Gasteiger partial charge in [0.05, 0.1) is 0 Å². The summed E-state index contributed by atoms with van der Waals surface area (Å²) in [6, 6.07) is 97.5. The molecule has 7 nitrogen and oxygen atoms in total. The minimum atomic E-state index is 0. The highest BCUT2D eigenvalue weighted by atomic mass is 32.1. The Bertz CT molecular complexity index is 3880. The van der Waals surface area contributed by atoms with Crippen LogP contribution in [0.1, 0.15) is 151 Å². The molecule has 0 spiro atoms. The number of nitrogens with two attached hydrogens (primary N) is 2. The number of hydrogen-bond donors (Lipinski definition) is 2. The number of hydrogen-bond acceptors (Lipinski definition) is 5. The number of rotatable bonds is 8. The molecule has 10 aromatic rings. The van der Waals surface area contributed by atoms with Crippen LogP contribution in [0.15, 0.2) is 272 Å². The van der Waals surface area contributed by atoms with Crippen LogP contribution in [0, 0.1) is 6.92 Å². The monoisotopic (exact) mass is 1250 g/mol. The molecular weight excluding hydrogens is 1150 g/mol. The molecule has 0 saturated carbocycles. The quantitative estimate of drug-likeness (QED) is 0.0898. The van der Waals surface area contributed by atoms with Crippen LogP contribution in [0.4, 0.5) is 0 Å². The maximum absolute atomic E-state index is 8.68. The van der Waals surface area contributed by atoms with E-state index in [0.29, 0.717) is 41.7 Å². The molecule has 4 N–H and O–H groups in total. The predicted molar refractivity (Wildman–Crippen MR) is 394 cm³/mol. The molecule has 0 aliphatic heterocycles. The minimum absolute atomic E-state index is 0. The predicted octanol–water partition coefficient (Wildman–Crippen LogP) is 18.4. The van der Waals surface area contributed by atoms with E-state index in [0.717, 1.165) is 38.5 Å². The molecule has 0 radical (unpaired) electrons. The summed E-state index contributed by atoms with van der Waals surface area (Å²) in [6.45, 7) is 2.18. The second kappa shape index (κ2) is 33.0. The van der Waals surface area contributed by atoms with Crippen molar-refractivity contribution >= 4 is 13.5 Å². The van der Waals surface area contributed by atoms with E-state index in [1.807, 2.05) is 6.07 Å². The number of aryl methyl sites for hydroxylation is 1. The van der Waals surface area contributed by atoms with Gasteiger partial charge < -0.3 is 21.3 Å². The Kier molecular flexibility index (Phi) is 24.0. The van der Waals surface area contributed by atoms with Crippen LogP contribution in [0.5, 0.6) is 0 Å². The summed E-state index contributed by atoms with van der Waals surface area (Å²) < 4.78 is 0. The number of benzene rings is 10. The lowest BCUT2D eigenvalue weighted by Crippen LogP contribution is -2.35. The Labute approximate surface area is 562 Å². The van der Waals surface area contributed by atoms with Gasteiger partial charge in [0.15, 0.2) is 0 Å². The first-order chi connectivity index (χ1) is 45.0. The Morgan fingerprint density at radius 3 is 0.946 bits per heavy atom. The molecule has 93 heavy (non-hydrogen) atoms. The second-order valence-electron chi connectivity index (χ2n) is 26.6. The Balaban J connectivity index is 0.000000127. The molecule has 4 unspecified atom stereocenters. The van der Waals surface area contributed by atoms with Gasteiger partial charge in [0, 0.05) is 64.7 Å². The van der Waals surface area contributed by atoms with Crippen molar-refractivity contribution in [2.24, 2.45) is 16.6 Å². The van der Waals surface area contributed by atoms with Gasteiger partial charge in [0.1, 0.15) is 0 Å². The van der Waals surface area contributed by atoms with Crippen molar-refractivity contribution in [2.45, 2.75) is 131 Å². The molecule has 8 heteroatoms. The standard InChI is InChI=1S/C19H23N.C18H21N.C16H15N3.2C16H17N.H2S/c1-14-7-6-9-15(11-14)19-13-17(20(2)3)12-16-8-4-5-10-18(16)19;1-19(2)16-12-15-10-6-7-11-17(15)18(13-16)14-8-4-3-5-9-14;17-19-18-14-10-13-8-4-5-9-15(13)16(11-14)12-6-2-1-3-7-12;2*17-14-10-13-8-4-5-9-15(13)16(11-14)12-6-2-1-3-7-12;/h4-11,17,19H,12-13H2,1-3H3;3-11,16,18H,12-13H2,1-2H3;1-9,14,16H,10-11H2;2*1-9,14,16H,10-11,17H2;1H2/t;;3*14-,16-;/m..111./s1. The van der Waals surface area contributed by atoms with Gasteiger partial charge in [0.25, 0.3) is 0 Å². The topological polar surface area (TPSA) is 107 Å². The van der Waals surface area contributed by atoms with Crippen LogP contribution in [-0.4, -0.2) is 68.2 Å². The first-order valence-electron chi connectivity index (χ1n) is 33.5. The van der Waals surface area contributed by atoms with Crippen molar-refractivity contribution in [3.63, 3.8) is 0 Å². The Morgan fingerprint density at radius 1 is 0.333 bits per heavy atom. The van der Waals surface area contributed by atoms with Crippen LogP contribution in [0.25, 0.3) is 10.4 Å². The molecule has 0 aromatic heterocycles. The Hall–Kier alpha value is -8.30. The van der Waals surface area contributed by atoms with Crippen molar-refractivity contribution < 1.29 is 0 Å². The van der Waals surface area contributed by atoms with Gasteiger partial charge >= 0.3 is 0 Å². The summed E-state index contributed by atoms with van der Waals surface area (Å²) in [6.07, 6.45) is 10.7. The third-order valence-corrected chi connectivity index (χ3v) is 20.0. The zero-order valence-corrected chi connectivity index (χ0v) is 56.1. The summed E-state index contributed by atoms with van der Waals surface area (Å²) in [5, 5.41) is 3.94. The van der Waals surface area contributed by atoms with Gasteiger partial charge in [-0.2, -0.15) is 13.5 Å². The van der Waals surface area contributed by atoms with Gasteiger partial charge in [-0.15, -0.1) is 0 Å². The summed E-state index contributed by atoms with van der Waals surface area (Å²) in [5.74, 6) is 2.35. The van der Waals surface area contributed by atoms with Crippen LogP contribution >= 0.6 is 13.5 Å². The fraction of sp³-hybridized carbons (Fsp3) is 0.294. The molecule has 5 aliphatic carbocycles. The zero-order chi connectivity index (χ0) is 63.8. The fourth-order valence-corrected chi connectivity index (χ4v) is 15.3. The molecule has 10 aromatic carbocycles. The average Bonchev–Trinajstić information content (AvgIpc) is 1.14. The zero-order valence-electron chi connectivity index (χ0n) is 55.1. The minimum Gasteiger partial charge on any atom is -0.327 e. The highest BCUT2D eigenvalue weighted by Crippen LogP contribution is 2.42. The summed E-state index contributed by atoms with van der Waals surface area (Å²) in [5.41, 5.74) is 43.9. The highest BCUT2D eigenvalue weighted by Gasteiger charge is 2.32. The van der Waals surface area contributed by atoms with E-state index in [1.165, 1.54) is 115 Å². The van der Waals surface area contributed by atoms with E-state index in [2.05, 4.69) is 316 Å². The fourth-order valence-electron chi connectivity index (χ4n) is 15.3. The van der Waals surface area contributed by atoms with Crippen molar-refractivity contribution in [3.8, 4) is 0 Å². The van der Waals surface area contributed by atoms with Gasteiger partial charge in [-0.05, 0) is 188 Å². The number of nitrogens with zero attached hydrogens (tertiary/aromatic N) is 5. The van der Waals surface area contributed by atoms with Crippen molar-refractivity contribution in [1.29, 1.82) is 0 Å². The molecule has 15 rings (SSSR count). The van der Waals surface area contributed by atoms with Crippen molar-refractivity contribution in [3.05, 3.63) is 366 Å². The lowest BCUT2D eigenvalue weighted by Gasteiger charge is -2.35. The Morgan fingerprint density at radius 2 is 0.613 bits per heavy atom. The van der Waals surface area contributed by atoms with Crippen LogP contribution in [-0.2, 0) is 32.1 Å². The van der Waals surface area contributed by atoms with Crippen LogP contribution < -0.4 is 11.5 Å². The smallest absolute Gasteiger partial charge is 0.0423 e. The second-order valence-corrected chi connectivity index (χ2v) is 26.6. The number of azide groups is 1. The first kappa shape index (κ1) is 67.6. The van der Waals surface area contributed by atoms with Gasteiger partial charge in [-0.25, -0.2) is 0 Å². The average molecular weight is 1250 g/mol. The van der Waals surface area contributed by atoms with Gasteiger partial charge in [-0.1, -0.05) is 278 Å². The maximum Gasteiger partial charge on any atom is 0.0423 e. The van der Waals surface area contributed by atoms with Crippen LogP contribution in [0.2, 0.25) is 0 Å².